The van der Waals surface area contributed by atoms with E-state index in [1.807, 2.05) is 18.2 Å². The van der Waals surface area contributed by atoms with Crippen LogP contribution in [0.1, 0.15) is 31.9 Å². The molecule has 0 fully saturated rings. The van der Waals surface area contributed by atoms with Crippen molar-refractivity contribution < 1.29 is 17.7 Å². The number of fused-ring (bicyclic) bond motifs is 1. The molecule has 1 atom stereocenters. The molecule has 1 heterocycles. The number of benzene rings is 1. The third-order valence-electron chi connectivity index (χ3n) is 3.39. The Labute approximate surface area is 108 Å². The van der Waals surface area contributed by atoms with Crippen molar-refractivity contribution in [2.75, 3.05) is 6.61 Å². The van der Waals surface area contributed by atoms with E-state index in [4.69, 9.17) is 9.29 Å². The highest BCUT2D eigenvalue weighted by atomic mass is 32.2. The van der Waals surface area contributed by atoms with Crippen molar-refractivity contribution in [2.45, 2.75) is 37.9 Å². The van der Waals surface area contributed by atoms with Crippen LogP contribution in [0.5, 0.6) is 5.75 Å². The summed E-state index contributed by atoms with van der Waals surface area (Å²) in [5.74, 6) is 0.864. The van der Waals surface area contributed by atoms with E-state index >= 15 is 0 Å². The molecule has 4 nitrogen and oxygen atoms in total. The first-order valence-corrected chi connectivity index (χ1v) is 7.43. The Morgan fingerprint density at radius 3 is 2.72 bits per heavy atom. The molecule has 0 saturated heterocycles. The van der Waals surface area contributed by atoms with Crippen molar-refractivity contribution >= 4 is 10.1 Å². The molecule has 0 spiro atoms. The summed E-state index contributed by atoms with van der Waals surface area (Å²) in [6, 6.07) is 5.70. The molecule has 0 aromatic heterocycles. The highest BCUT2D eigenvalue weighted by Gasteiger charge is 2.32. The average Bonchev–Trinajstić information content (AvgIpc) is 2.54. The highest BCUT2D eigenvalue weighted by Crippen LogP contribution is 2.38. The van der Waals surface area contributed by atoms with Crippen LogP contribution in [-0.4, -0.2) is 24.8 Å². The zero-order valence-corrected chi connectivity index (χ0v) is 11.6. The third-order valence-corrected chi connectivity index (χ3v) is 4.58. The van der Waals surface area contributed by atoms with Gasteiger partial charge in [-0.25, -0.2) is 0 Å². The Kier molecular flexibility index (Phi) is 3.15. The zero-order valence-electron chi connectivity index (χ0n) is 10.8. The van der Waals surface area contributed by atoms with E-state index in [-0.39, 0.29) is 5.41 Å². The molecule has 1 unspecified atom stereocenters. The summed E-state index contributed by atoms with van der Waals surface area (Å²) in [6.07, 6.45) is 0.308. The topological polar surface area (TPSA) is 63.6 Å². The third kappa shape index (κ3) is 2.52. The maximum atomic E-state index is 11.0. The molecule has 100 valence electrons. The lowest BCUT2D eigenvalue weighted by molar-refractivity contribution is 0.291. The fraction of sp³-hybridized carbons (Fsp3) is 0.538. The molecule has 0 bridgehead atoms. The van der Waals surface area contributed by atoms with Crippen molar-refractivity contribution in [1.82, 2.24) is 0 Å². The average molecular weight is 270 g/mol. The summed E-state index contributed by atoms with van der Waals surface area (Å²) in [7, 11) is -3.98. The van der Waals surface area contributed by atoms with E-state index in [9.17, 15) is 8.42 Å². The van der Waals surface area contributed by atoms with Crippen LogP contribution >= 0.6 is 0 Å². The van der Waals surface area contributed by atoms with Gasteiger partial charge in [0.1, 0.15) is 5.75 Å². The Balaban J connectivity index is 2.28. The lowest BCUT2D eigenvalue weighted by atomic mass is 9.86. The maximum absolute atomic E-state index is 11.0. The second kappa shape index (κ2) is 4.24. The van der Waals surface area contributed by atoms with E-state index in [0.29, 0.717) is 13.0 Å². The normalized spacial score (nSPS) is 19.1. The van der Waals surface area contributed by atoms with Crippen molar-refractivity contribution in [3.63, 3.8) is 0 Å². The first-order valence-electron chi connectivity index (χ1n) is 5.93. The molecule has 1 aliphatic heterocycles. The van der Waals surface area contributed by atoms with Gasteiger partial charge in [0, 0.05) is 11.0 Å². The second-order valence-corrected chi connectivity index (χ2v) is 7.37. The summed E-state index contributed by atoms with van der Waals surface area (Å²) in [5, 5.41) is -0.791. The fourth-order valence-corrected chi connectivity index (χ4v) is 2.54. The standard InChI is InChI=1S/C13H18O4S/c1-9(18(14,15)16)6-10-4-5-12-11(7-10)13(2,3)8-17-12/h4-5,7,9H,6,8H2,1-3H3,(H,14,15,16). The van der Waals surface area contributed by atoms with Crippen molar-refractivity contribution in [2.24, 2.45) is 0 Å². The first kappa shape index (κ1) is 13.4. The van der Waals surface area contributed by atoms with Crippen molar-refractivity contribution in [3.05, 3.63) is 29.3 Å². The predicted molar refractivity (Wildman–Crippen MR) is 69.7 cm³/mol. The SMILES string of the molecule is CC(Cc1ccc2c(c1)C(C)(C)CO2)S(=O)(=O)O. The number of hydrogen-bond acceptors (Lipinski definition) is 3. The van der Waals surface area contributed by atoms with E-state index < -0.39 is 15.4 Å². The van der Waals surface area contributed by atoms with Crippen LogP contribution in [0.4, 0.5) is 0 Å². The Hall–Kier alpha value is -1.07. The van der Waals surface area contributed by atoms with Gasteiger partial charge in [-0.15, -0.1) is 0 Å². The smallest absolute Gasteiger partial charge is 0.267 e. The van der Waals surface area contributed by atoms with Crippen molar-refractivity contribution in [3.8, 4) is 5.75 Å². The van der Waals surface area contributed by atoms with E-state index in [0.717, 1.165) is 16.9 Å². The van der Waals surface area contributed by atoms with Crippen molar-refractivity contribution in [1.29, 1.82) is 0 Å². The molecule has 1 aromatic carbocycles. The van der Waals surface area contributed by atoms with Gasteiger partial charge in [0.25, 0.3) is 10.1 Å². The summed E-state index contributed by atoms with van der Waals surface area (Å²) in [4.78, 5) is 0. The van der Waals surface area contributed by atoms with Crippen LogP contribution in [0.25, 0.3) is 0 Å². The Morgan fingerprint density at radius 2 is 2.11 bits per heavy atom. The van der Waals surface area contributed by atoms with Crippen LogP contribution < -0.4 is 4.74 Å². The van der Waals surface area contributed by atoms with Gasteiger partial charge in [0.15, 0.2) is 0 Å². The van der Waals surface area contributed by atoms with Gasteiger partial charge in [0.05, 0.1) is 11.9 Å². The monoisotopic (exact) mass is 270 g/mol. The second-order valence-electron chi connectivity index (χ2n) is 5.53. The molecular formula is C13H18O4S. The summed E-state index contributed by atoms with van der Waals surface area (Å²) in [6.45, 7) is 6.33. The molecule has 0 amide bonds. The Morgan fingerprint density at radius 1 is 1.44 bits per heavy atom. The van der Waals surface area contributed by atoms with E-state index in [1.54, 1.807) is 0 Å². The minimum Gasteiger partial charge on any atom is -0.492 e. The largest absolute Gasteiger partial charge is 0.492 e. The molecule has 1 aliphatic rings. The molecule has 1 N–H and O–H groups in total. The summed E-state index contributed by atoms with van der Waals surface area (Å²) in [5.41, 5.74) is 1.95. The van der Waals surface area contributed by atoms with Crippen LogP contribution in [-0.2, 0) is 22.0 Å². The predicted octanol–water partition coefficient (Wildman–Crippen LogP) is 2.18. The van der Waals surface area contributed by atoms with E-state index in [2.05, 4.69) is 13.8 Å². The molecule has 1 aromatic rings. The quantitative estimate of drug-likeness (QED) is 0.855. The molecule has 0 radical (unpaired) electrons. The minimum atomic E-state index is -3.98. The van der Waals surface area contributed by atoms with Gasteiger partial charge >= 0.3 is 0 Å². The molecule has 0 aliphatic carbocycles. The zero-order chi connectivity index (χ0) is 13.6. The molecule has 18 heavy (non-hydrogen) atoms. The molecule has 2 rings (SSSR count). The minimum absolute atomic E-state index is 0.0489. The van der Waals surface area contributed by atoms with Crippen LogP contribution in [0.3, 0.4) is 0 Å². The summed E-state index contributed by atoms with van der Waals surface area (Å²) < 4.78 is 36.6. The number of rotatable bonds is 3. The summed E-state index contributed by atoms with van der Waals surface area (Å²) >= 11 is 0. The molecule has 0 saturated carbocycles. The Bertz CT molecular complexity index is 560. The van der Waals surface area contributed by atoms with Crippen LogP contribution in [0.15, 0.2) is 18.2 Å². The van der Waals surface area contributed by atoms with Gasteiger partial charge in [0.2, 0.25) is 0 Å². The lowest BCUT2D eigenvalue weighted by Gasteiger charge is -2.16. The van der Waals surface area contributed by atoms with Crippen LogP contribution in [0.2, 0.25) is 0 Å². The van der Waals surface area contributed by atoms with Crippen LogP contribution in [0, 0.1) is 0 Å². The number of hydrogen-bond donors (Lipinski definition) is 1. The fourth-order valence-electron chi connectivity index (χ4n) is 2.13. The number of ether oxygens (including phenoxy) is 1. The van der Waals surface area contributed by atoms with Gasteiger partial charge in [-0.1, -0.05) is 26.0 Å². The van der Waals surface area contributed by atoms with Gasteiger partial charge in [-0.05, 0) is 25.0 Å². The van der Waals surface area contributed by atoms with Gasteiger partial charge in [-0.3, -0.25) is 4.55 Å². The van der Waals surface area contributed by atoms with E-state index in [1.165, 1.54) is 6.92 Å². The highest BCUT2D eigenvalue weighted by molar-refractivity contribution is 7.86. The molecular weight excluding hydrogens is 252 g/mol. The maximum Gasteiger partial charge on any atom is 0.267 e. The lowest BCUT2D eigenvalue weighted by Crippen LogP contribution is -2.20. The van der Waals surface area contributed by atoms with Gasteiger partial charge < -0.3 is 4.74 Å². The first-order chi connectivity index (χ1) is 8.20. The van der Waals surface area contributed by atoms with Gasteiger partial charge in [-0.2, -0.15) is 8.42 Å². The molecule has 5 heteroatoms.